The molecule has 33 heavy (non-hydrogen) atoms. The van der Waals surface area contributed by atoms with Crippen LogP contribution in [0.2, 0.25) is 0 Å². The van der Waals surface area contributed by atoms with Crippen LogP contribution in [0.25, 0.3) is 11.6 Å². The largest absolute Gasteiger partial charge is 0.458 e. The molecule has 0 aliphatic carbocycles. The molecule has 0 saturated carbocycles. The van der Waals surface area contributed by atoms with Crippen LogP contribution in [0, 0.1) is 12.8 Å². The Labute approximate surface area is 195 Å². The number of carbonyl (C=O) groups is 1. The van der Waals surface area contributed by atoms with Gasteiger partial charge in [-0.05, 0) is 64.8 Å². The Morgan fingerprint density at radius 2 is 2.03 bits per heavy atom. The molecule has 2 aromatic rings. The third-order valence-corrected chi connectivity index (χ3v) is 6.26. The van der Waals surface area contributed by atoms with Crippen LogP contribution in [0.3, 0.4) is 0 Å². The number of methoxy groups -OCH3 is 1. The highest BCUT2D eigenvalue weighted by molar-refractivity contribution is 5.91. The average molecular weight is 455 g/mol. The SMILES string of the molecule is COCCN1CCC(CC(=O)Nc2cc(N3N=C(C)CC3C)nc(-c3ccc(C)o3)n2)CC1. The second-order valence-electron chi connectivity index (χ2n) is 9.11. The molecule has 9 heteroatoms. The number of aromatic nitrogens is 2. The average Bonchev–Trinajstić information content (AvgIpc) is 3.37. The number of furan rings is 1. The fourth-order valence-corrected chi connectivity index (χ4v) is 4.49. The van der Waals surface area contributed by atoms with Gasteiger partial charge in [0.25, 0.3) is 0 Å². The number of rotatable bonds is 8. The van der Waals surface area contributed by atoms with Gasteiger partial charge in [-0.25, -0.2) is 15.0 Å². The molecule has 9 nitrogen and oxygen atoms in total. The molecule has 1 amide bonds. The Kier molecular flexibility index (Phi) is 7.39. The highest BCUT2D eigenvalue weighted by Crippen LogP contribution is 2.29. The first-order chi connectivity index (χ1) is 15.9. The minimum atomic E-state index is -0.0225. The van der Waals surface area contributed by atoms with E-state index in [4.69, 9.17) is 9.15 Å². The first-order valence-corrected chi connectivity index (χ1v) is 11.7. The maximum absolute atomic E-state index is 12.9. The lowest BCUT2D eigenvalue weighted by Gasteiger charge is -2.31. The van der Waals surface area contributed by atoms with E-state index in [1.807, 2.05) is 31.0 Å². The number of ether oxygens (including phenoxy) is 1. The topological polar surface area (TPSA) is 96.1 Å². The Bertz CT molecular complexity index is 996. The van der Waals surface area contributed by atoms with Crippen molar-refractivity contribution in [2.24, 2.45) is 11.0 Å². The second-order valence-corrected chi connectivity index (χ2v) is 9.11. The Morgan fingerprint density at radius 1 is 1.24 bits per heavy atom. The maximum atomic E-state index is 12.9. The first kappa shape index (κ1) is 23.4. The predicted molar refractivity (Wildman–Crippen MR) is 128 cm³/mol. The second kappa shape index (κ2) is 10.4. The van der Waals surface area contributed by atoms with Crippen molar-refractivity contribution in [3.05, 3.63) is 24.0 Å². The Balaban J connectivity index is 1.46. The van der Waals surface area contributed by atoms with Gasteiger partial charge in [0, 0.05) is 38.3 Å². The van der Waals surface area contributed by atoms with Crippen molar-refractivity contribution in [1.29, 1.82) is 0 Å². The minimum absolute atomic E-state index is 0.0225. The van der Waals surface area contributed by atoms with Crippen LogP contribution in [0.15, 0.2) is 27.7 Å². The number of amides is 1. The van der Waals surface area contributed by atoms with E-state index >= 15 is 0 Å². The van der Waals surface area contributed by atoms with Gasteiger partial charge in [-0.3, -0.25) is 4.79 Å². The quantitative estimate of drug-likeness (QED) is 0.649. The van der Waals surface area contributed by atoms with Gasteiger partial charge >= 0.3 is 0 Å². The molecule has 4 heterocycles. The Hall–Kier alpha value is -2.78. The summed E-state index contributed by atoms with van der Waals surface area (Å²) in [5.74, 6) is 3.27. The molecule has 4 rings (SSSR count). The first-order valence-electron chi connectivity index (χ1n) is 11.7. The van der Waals surface area contributed by atoms with Crippen molar-refractivity contribution in [3.63, 3.8) is 0 Å². The highest BCUT2D eigenvalue weighted by atomic mass is 16.5. The summed E-state index contributed by atoms with van der Waals surface area (Å²) in [4.78, 5) is 24.5. The summed E-state index contributed by atoms with van der Waals surface area (Å²) < 4.78 is 10.9. The van der Waals surface area contributed by atoms with Gasteiger partial charge in [-0.2, -0.15) is 5.10 Å². The predicted octanol–water partition coefficient (Wildman–Crippen LogP) is 3.71. The van der Waals surface area contributed by atoms with E-state index in [0.717, 1.165) is 57.0 Å². The number of nitrogens with one attached hydrogen (secondary N) is 1. The highest BCUT2D eigenvalue weighted by Gasteiger charge is 2.25. The van der Waals surface area contributed by atoms with Gasteiger partial charge in [0.2, 0.25) is 5.91 Å². The van der Waals surface area contributed by atoms with Crippen LogP contribution in [0.4, 0.5) is 11.6 Å². The number of aryl methyl sites for hydroxylation is 1. The number of hydrogen-bond acceptors (Lipinski definition) is 8. The zero-order valence-electron chi connectivity index (χ0n) is 20.0. The van der Waals surface area contributed by atoms with E-state index < -0.39 is 0 Å². The molecule has 178 valence electrons. The number of hydrazone groups is 1. The normalized spacial score (nSPS) is 19.7. The zero-order valence-corrected chi connectivity index (χ0v) is 20.0. The van der Waals surface area contributed by atoms with Gasteiger partial charge in [0.05, 0.1) is 12.6 Å². The van der Waals surface area contributed by atoms with E-state index in [2.05, 4.69) is 32.2 Å². The molecule has 2 aliphatic rings. The zero-order chi connectivity index (χ0) is 23.4. The van der Waals surface area contributed by atoms with Crippen LogP contribution < -0.4 is 10.3 Å². The molecule has 0 bridgehead atoms. The summed E-state index contributed by atoms with van der Waals surface area (Å²) in [6.07, 6.45) is 3.40. The van der Waals surface area contributed by atoms with E-state index in [1.165, 1.54) is 0 Å². The number of nitrogens with zero attached hydrogens (tertiary/aromatic N) is 5. The van der Waals surface area contributed by atoms with Crippen molar-refractivity contribution in [3.8, 4) is 11.6 Å². The molecule has 1 N–H and O–H groups in total. The van der Waals surface area contributed by atoms with Gasteiger partial charge in [-0.15, -0.1) is 0 Å². The fourth-order valence-electron chi connectivity index (χ4n) is 4.49. The van der Waals surface area contributed by atoms with Gasteiger partial charge in [0.1, 0.15) is 11.6 Å². The number of piperidine rings is 1. The molecule has 1 fully saturated rings. The lowest BCUT2D eigenvalue weighted by molar-refractivity contribution is -0.117. The number of carbonyl (C=O) groups excluding carboxylic acids is 1. The summed E-state index contributed by atoms with van der Waals surface area (Å²) in [5.41, 5.74) is 1.05. The molecule has 1 unspecified atom stereocenters. The van der Waals surface area contributed by atoms with E-state index in [9.17, 15) is 4.79 Å². The molecule has 2 aromatic heterocycles. The van der Waals surface area contributed by atoms with Crippen LogP contribution >= 0.6 is 0 Å². The summed E-state index contributed by atoms with van der Waals surface area (Å²) in [6.45, 7) is 9.71. The molecule has 0 spiro atoms. The van der Waals surface area contributed by atoms with Crippen molar-refractivity contribution in [2.45, 2.75) is 52.5 Å². The molecule has 2 aliphatic heterocycles. The number of anilines is 2. The van der Waals surface area contributed by atoms with E-state index in [-0.39, 0.29) is 11.9 Å². The summed E-state index contributed by atoms with van der Waals surface area (Å²) >= 11 is 0. The van der Waals surface area contributed by atoms with E-state index in [0.29, 0.717) is 35.6 Å². The number of likely N-dealkylation sites (tertiary alicyclic amines) is 1. The van der Waals surface area contributed by atoms with Crippen molar-refractivity contribution >= 4 is 23.3 Å². The molecule has 0 radical (unpaired) electrons. The van der Waals surface area contributed by atoms with Crippen molar-refractivity contribution in [1.82, 2.24) is 14.9 Å². The lowest BCUT2D eigenvalue weighted by atomic mass is 9.93. The standard InChI is InChI=1S/C24H34N6O3/c1-16-13-17(2)30(28-16)22-15-21(26-24(27-22)20-6-5-18(3)33-20)25-23(31)14-19-7-9-29(10-8-19)11-12-32-4/h5-6,15,17,19H,7-14H2,1-4H3,(H,25,26,27,31). The van der Waals surface area contributed by atoms with Crippen molar-refractivity contribution < 1.29 is 13.9 Å². The molecular formula is C24H34N6O3. The van der Waals surface area contributed by atoms with Crippen LogP contribution in [0.5, 0.6) is 0 Å². The fraction of sp³-hybridized carbons (Fsp3) is 0.583. The third-order valence-electron chi connectivity index (χ3n) is 6.26. The van der Waals surface area contributed by atoms with E-state index in [1.54, 1.807) is 13.2 Å². The monoisotopic (exact) mass is 454 g/mol. The van der Waals surface area contributed by atoms with Crippen LogP contribution in [-0.4, -0.2) is 65.9 Å². The van der Waals surface area contributed by atoms with Crippen molar-refractivity contribution in [2.75, 3.05) is 43.7 Å². The van der Waals surface area contributed by atoms with Crippen LogP contribution in [-0.2, 0) is 9.53 Å². The number of hydrogen-bond donors (Lipinski definition) is 1. The summed E-state index contributed by atoms with van der Waals surface area (Å²) in [6, 6.07) is 5.71. The molecule has 1 saturated heterocycles. The lowest BCUT2D eigenvalue weighted by Crippen LogP contribution is -2.36. The molecular weight excluding hydrogens is 420 g/mol. The van der Waals surface area contributed by atoms with Gasteiger partial charge in [0.15, 0.2) is 17.4 Å². The van der Waals surface area contributed by atoms with Gasteiger partial charge < -0.3 is 19.4 Å². The molecule has 0 aromatic carbocycles. The third kappa shape index (κ3) is 5.97. The maximum Gasteiger partial charge on any atom is 0.225 e. The summed E-state index contributed by atoms with van der Waals surface area (Å²) in [5, 5.41) is 9.52. The Morgan fingerprint density at radius 3 is 2.67 bits per heavy atom. The van der Waals surface area contributed by atoms with Gasteiger partial charge in [-0.1, -0.05) is 0 Å². The molecule has 1 atom stereocenters. The summed E-state index contributed by atoms with van der Waals surface area (Å²) in [7, 11) is 1.73. The van der Waals surface area contributed by atoms with Crippen LogP contribution in [0.1, 0.15) is 45.3 Å². The minimum Gasteiger partial charge on any atom is -0.458 e. The smallest absolute Gasteiger partial charge is 0.225 e.